The van der Waals surface area contributed by atoms with Gasteiger partial charge in [0.05, 0.1) is 10.9 Å². The lowest BCUT2D eigenvalue weighted by atomic mass is 9.92. The molecule has 162 valence electrons. The lowest BCUT2D eigenvalue weighted by Crippen LogP contribution is -2.49. The van der Waals surface area contributed by atoms with Crippen LogP contribution in [0.2, 0.25) is 0 Å². The van der Waals surface area contributed by atoms with Crippen molar-refractivity contribution in [3.05, 3.63) is 101 Å². The quantitative estimate of drug-likeness (QED) is 0.587. The number of halogens is 1. The maximum Gasteiger partial charge on any atom is 0.243 e. The molecule has 0 saturated carbocycles. The topological polar surface area (TPSA) is 40.6 Å². The van der Waals surface area contributed by atoms with Crippen molar-refractivity contribution in [3.8, 4) is 0 Å². The van der Waals surface area contributed by atoms with E-state index >= 15 is 0 Å². The van der Waals surface area contributed by atoms with E-state index in [0.717, 1.165) is 0 Å². The van der Waals surface area contributed by atoms with Gasteiger partial charge in [0.1, 0.15) is 5.82 Å². The molecule has 1 aliphatic heterocycles. The van der Waals surface area contributed by atoms with Gasteiger partial charge in [-0.15, -0.1) is 0 Å². The number of piperazine rings is 1. The van der Waals surface area contributed by atoms with Gasteiger partial charge in [0.15, 0.2) is 0 Å². The summed E-state index contributed by atoms with van der Waals surface area (Å²) in [5, 5.41) is 0. The number of nitrogens with zero attached hydrogens (tertiary/aromatic N) is 2. The zero-order valence-electron chi connectivity index (χ0n) is 17.8. The molecule has 0 radical (unpaired) electrons. The summed E-state index contributed by atoms with van der Waals surface area (Å²) in [7, 11) is -3.63. The minimum atomic E-state index is -3.63. The molecule has 4 nitrogen and oxygen atoms in total. The van der Waals surface area contributed by atoms with Gasteiger partial charge in [-0.05, 0) is 54.8 Å². The Bertz CT molecular complexity index is 1140. The SMILES string of the molecule is Cc1ccc(C)c([C@H](c2ccccc2)N2CCN(S(=O)(=O)c3ccc(F)cc3)CC2)c1. The van der Waals surface area contributed by atoms with Gasteiger partial charge in [-0.1, -0.05) is 54.1 Å². The highest BCUT2D eigenvalue weighted by Gasteiger charge is 2.32. The second-order valence-electron chi connectivity index (χ2n) is 8.07. The third kappa shape index (κ3) is 4.56. The molecule has 1 fully saturated rings. The minimum absolute atomic E-state index is 0.0665. The molecular formula is C25H27FN2O2S. The van der Waals surface area contributed by atoms with Crippen molar-refractivity contribution in [2.45, 2.75) is 24.8 Å². The first kappa shape index (κ1) is 21.7. The first-order valence-electron chi connectivity index (χ1n) is 10.5. The van der Waals surface area contributed by atoms with E-state index in [-0.39, 0.29) is 10.9 Å². The minimum Gasteiger partial charge on any atom is -0.290 e. The third-order valence-corrected chi connectivity index (χ3v) is 7.85. The molecule has 0 spiro atoms. The molecule has 3 aromatic rings. The Morgan fingerprint density at radius 1 is 0.839 bits per heavy atom. The zero-order valence-corrected chi connectivity index (χ0v) is 18.6. The lowest BCUT2D eigenvalue weighted by molar-refractivity contribution is 0.155. The third-order valence-electron chi connectivity index (χ3n) is 5.93. The van der Waals surface area contributed by atoms with Crippen molar-refractivity contribution in [2.75, 3.05) is 26.2 Å². The maximum absolute atomic E-state index is 13.2. The Hall–Kier alpha value is -2.54. The van der Waals surface area contributed by atoms with E-state index in [1.807, 2.05) is 18.2 Å². The predicted octanol–water partition coefficient (Wildman–Crippen LogP) is 4.54. The van der Waals surface area contributed by atoms with Crippen molar-refractivity contribution in [1.29, 1.82) is 0 Å². The average Bonchev–Trinajstić information content (AvgIpc) is 2.78. The van der Waals surface area contributed by atoms with Gasteiger partial charge in [-0.25, -0.2) is 12.8 Å². The van der Waals surface area contributed by atoms with E-state index in [9.17, 15) is 12.8 Å². The molecular weight excluding hydrogens is 411 g/mol. The molecule has 4 rings (SSSR count). The van der Waals surface area contributed by atoms with Crippen LogP contribution in [0.3, 0.4) is 0 Å². The highest BCUT2D eigenvalue weighted by Crippen LogP contribution is 2.33. The Kier molecular flexibility index (Phi) is 6.23. The van der Waals surface area contributed by atoms with Crippen LogP contribution in [0.15, 0.2) is 77.7 Å². The number of aryl methyl sites for hydroxylation is 2. The maximum atomic E-state index is 13.2. The second-order valence-corrected chi connectivity index (χ2v) is 10.0. The molecule has 31 heavy (non-hydrogen) atoms. The van der Waals surface area contributed by atoms with Crippen LogP contribution in [0.1, 0.15) is 28.3 Å². The Morgan fingerprint density at radius 3 is 2.13 bits per heavy atom. The smallest absolute Gasteiger partial charge is 0.243 e. The van der Waals surface area contributed by atoms with E-state index in [1.54, 1.807) is 0 Å². The molecule has 0 unspecified atom stereocenters. The largest absolute Gasteiger partial charge is 0.290 e. The molecule has 0 bridgehead atoms. The summed E-state index contributed by atoms with van der Waals surface area (Å²) < 4.78 is 40.7. The Morgan fingerprint density at radius 2 is 1.48 bits per heavy atom. The summed E-state index contributed by atoms with van der Waals surface area (Å²) in [5.74, 6) is -0.442. The van der Waals surface area contributed by atoms with Crippen LogP contribution in [-0.2, 0) is 10.0 Å². The van der Waals surface area contributed by atoms with Gasteiger partial charge in [-0.3, -0.25) is 4.90 Å². The van der Waals surface area contributed by atoms with Crippen molar-refractivity contribution in [1.82, 2.24) is 9.21 Å². The monoisotopic (exact) mass is 438 g/mol. The first-order chi connectivity index (χ1) is 14.9. The molecule has 0 N–H and O–H groups in total. The van der Waals surface area contributed by atoms with E-state index in [1.165, 1.54) is 50.8 Å². The Labute approximate surface area is 184 Å². The predicted molar refractivity (Wildman–Crippen MR) is 121 cm³/mol. The van der Waals surface area contributed by atoms with Gasteiger partial charge in [-0.2, -0.15) is 4.31 Å². The summed E-state index contributed by atoms with van der Waals surface area (Å²) in [4.78, 5) is 2.49. The fourth-order valence-electron chi connectivity index (χ4n) is 4.23. The van der Waals surface area contributed by atoms with Crippen molar-refractivity contribution >= 4 is 10.0 Å². The first-order valence-corrected chi connectivity index (χ1v) is 11.9. The summed E-state index contributed by atoms with van der Waals surface area (Å²) in [5.41, 5.74) is 4.88. The summed E-state index contributed by atoms with van der Waals surface area (Å²) in [6.07, 6.45) is 0. The fourth-order valence-corrected chi connectivity index (χ4v) is 5.66. The van der Waals surface area contributed by atoms with Crippen LogP contribution in [0, 0.1) is 19.7 Å². The molecule has 6 heteroatoms. The van der Waals surface area contributed by atoms with E-state index in [4.69, 9.17) is 0 Å². The van der Waals surface area contributed by atoms with Crippen molar-refractivity contribution in [2.24, 2.45) is 0 Å². The molecule has 0 aliphatic carbocycles. The average molecular weight is 439 g/mol. The summed E-state index contributed by atoms with van der Waals surface area (Å²) in [6.45, 7) is 6.25. The van der Waals surface area contributed by atoms with Crippen LogP contribution in [0.4, 0.5) is 4.39 Å². The summed E-state index contributed by atoms with van der Waals surface area (Å²) in [6, 6.07) is 22.0. The van der Waals surface area contributed by atoms with Crippen LogP contribution in [-0.4, -0.2) is 43.8 Å². The molecule has 1 aliphatic rings. The standard InChI is InChI=1S/C25H27FN2O2S/c1-19-8-9-20(2)24(18-19)25(21-6-4-3-5-7-21)27-14-16-28(17-15-27)31(29,30)23-12-10-22(26)11-13-23/h3-13,18,25H,14-17H2,1-2H3/t25-/m0/s1. The highest BCUT2D eigenvalue weighted by atomic mass is 32.2. The van der Waals surface area contributed by atoms with Crippen LogP contribution in [0.5, 0.6) is 0 Å². The van der Waals surface area contributed by atoms with Gasteiger partial charge in [0.25, 0.3) is 0 Å². The van der Waals surface area contributed by atoms with Crippen molar-refractivity contribution < 1.29 is 12.8 Å². The Balaban J connectivity index is 1.60. The van der Waals surface area contributed by atoms with Crippen molar-refractivity contribution in [3.63, 3.8) is 0 Å². The molecule has 3 aromatic carbocycles. The number of benzene rings is 3. The van der Waals surface area contributed by atoms with Gasteiger partial charge < -0.3 is 0 Å². The van der Waals surface area contributed by atoms with Gasteiger partial charge in [0.2, 0.25) is 10.0 Å². The second kappa shape index (κ2) is 8.91. The number of hydrogen-bond acceptors (Lipinski definition) is 3. The summed E-state index contributed by atoms with van der Waals surface area (Å²) >= 11 is 0. The number of rotatable bonds is 5. The van der Waals surface area contributed by atoms with E-state index in [0.29, 0.717) is 26.2 Å². The van der Waals surface area contributed by atoms with E-state index in [2.05, 4.69) is 49.1 Å². The van der Waals surface area contributed by atoms with Crippen LogP contribution < -0.4 is 0 Å². The van der Waals surface area contributed by atoms with Crippen LogP contribution in [0.25, 0.3) is 0 Å². The number of hydrogen-bond donors (Lipinski definition) is 0. The normalized spacial score (nSPS) is 16.9. The molecule has 1 heterocycles. The van der Waals surface area contributed by atoms with E-state index < -0.39 is 15.8 Å². The van der Waals surface area contributed by atoms with Crippen LogP contribution >= 0.6 is 0 Å². The highest BCUT2D eigenvalue weighted by molar-refractivity contribution is 7.89. The molecule has 0 aromatic heterocycles. The van der Waals surface area contributed by atoms with Gasteiger partial charge >= 0.3 is 0 Å². The lowest BCUT2D eigenvalue weighted by Gasteiger charge is -2.39. The molecule has 1 saturated heterocycles. The fraction of sp³-hybridized carbons (Fsp3) is 0.280. The zero-order chi connectivity index (χ0) is 22.0. The number of sulfonamides is 1. The van der Waals surface area contributed by atoms with Gasteiger partial charge in [0, 0.05) is 26.2 Å². The molecule has 0 amide bonds. The molecule has 1 atom stereocenters.